The first-order valence-electron chi connectivity index (χ1n) is 7.57. The van der Waals surface area contributed by atoms with Crippen LogP contribution < -0.4 is 10.2 Å². The Morgan fingerprint density at radius 3 is 2.62 bits per heavy atom. The molecule has 4 heteroatoms. The van der Waals surface area contributed by atoms with Crippen molar-refractivity contribution in [2.45, 2.75) is 32.4 Å². The molecule has 1 aromatic heterocycles. The van der Waals surface area contributed by atoms with Crippen LogP contribution in [0.5, 0.6) is 0 Å². The van der Waals surface area contributed by atoms with Crippen LogP contribution in [0.1, 0.15) is 25.1 Å². The molecule has 3 rings (SSSR count). The second-order valence-electron chi connectivity index (χ2n) is 6.33. The lowest BCUT2D eigenvalue weighted by Gasteiger charge is -2.46. The number of aromatic nitrogens is 2. The minimum atomic E-state index is -0.0317. The zero-order chi connectivity index (χ0) is 15.0. The van der Waals surface area contributed by atoms with Crippen LogP contribution in [0.2, 0.25) is 0 Å². The van der Waals surface area contributed by atoms with Crippen molar-refractivity contribution in [1.29, 1.82) is 0 Å². The van der Waals surface area contributed by atoms with Crippen LogP contribution in [0.25, 0.3) is 0 Å². The highest BCUT2D eigenvalue weighted by Crippen LogP contribution is 2.31. The molecule has 2 unspecified atom stereocenters. The summed E-state index contributed by atoms with van der Waals surface area (Å²) < 4.78 is 1.90. The number of hydrogen-bond donors (Lipinski definition) is 1. The molecule has 2 heterocycles. The van der Waals surface area contributed by atoms with Crippen molar-refractivity contribution in [2.75, 3.05) is 18.0 Å². The molecule has 0 amide bonds. The van der Waals surface area contributed by atoms with Gasteiger partial charge in [-0.15, -0.1) is 0 Å². The fourth-order valence-corrected chi connectivity index (χ4v) is 3.23. The van der Waals surface area contributed by atoms with E-state index in [1.165, 1.54) is 11.3 Å². The van der Waals surface area contributed by atoms with Gasteiger partial charge in [0.05, 0.1) is 16.9 Å². The van der Waals surface area contributed by atoms with E-state index in [9.17, 15) is 0 Å². The molecule has 1 aromatic carbocycles. The molecular formula is C17H24N4. The van der Waals surface area contributed by atoms with E-state index in [-0.39, 0.29) is 5.54 Å². The van der Waals surface area contributed by atoms with Crippen LogP contribution in [0.4, 0.5) is 5.69 Å². The highest BCUT2D eigenvalue weighted by molar-refractivity contribution is 5.51. The quantitative estimate of drug-likeness (QED) is 0.919. The third-order valence-corrected chi connectivity index (χ3v) is 4.51. The first-order chi connectivity index (χ1) is 9.99. The maximum Gasteiger partial charge on any atom is 0.0827 e. The molecule has 1 N–H and O–H groups in total. The first-order valence-corrected chi connectivity index (χ1v) is 7.57. The Kier molecular flexibility index (Phi) is 3.49. The number of nitrogens with zero attached hydrogens (tertiary/aromatic N) is 3. The lowest BCUT2D eigenvalue weighted by molar-refractivity contribution is 0.299. The van der Waals surface area contributed by atoms with Gasteiger partial charge in [0.15, 0.2) is 0 Å². The van der Waals surface area contributed by atoms with Gasteiger partial charge in [-0.1, -0.05) is 30.3 Å². The lowest BCUT2D eigenvalue weighted by Crippen LogP contribution is -2.60. The van der Waals surface area contributed by atoms with Crippen molar-refractivity contribution < 1.29 is 0 Å². The van der Waals surface area contributed by atoms with Crippen LogP contribution in [0.3, 0.4) is 0 Å². The molecule has 0 saturated carbocycles. The minimum Gasteiger partial charge on any atom is -0.363 e. The van der Waals surface area contributed by atoms with Gasteiger partial charge < -0.3 is 10.2 Å². The molecule has 1 saturated heterocycles. The van der Waals surface area contributed by atoms with Gasteiger partial charge in [0.25, 0.3) is 0 Å². The first kappa shape index (κ1) is 14.1. The van der Waals surface area contributed by atoms with E-state index in [4.69, 9.17) is 0 Å². The van der Waals surface area contributed by atoms with Crippen LogP contribution in [-0.2, 0) is 12.6 Å². The van der Waals surface area contributed by atoms with Crippen LogP contribution in [-0.4, -0.2) is 28.9 Å². The Bertz CT molecular complexity index is 619. The molecule has 2 atom stereocenters. The standard InChI is InChI=1S/C17H24N4/c1-13-10-18-17(3,15-8-6-5-7-9-15)12-21(13)16-11-20(4)19-14(16)2/h5-9,11,13,18H,10,12H2,1-4H3. The van der Waals surface area contributed by atoms with E-state index in [1.54, 1.807) is 0 Å². The third kappa shape index (κ3) is 2.56. The summed E-state index contributed by atoms with van der Waals surface area (Å²) in [7, 11) is 1.99. The summed E-state index contributed by atoms with van der Waals surface area (Å²) in [4.78, 5) is 2.48. The number of piperazine rings is 1. The molecule has 21 heavy (non-hydrogen) atoms. The van der Waals surface area contributed by atoms with Gasteiger partial charge in [-0.05, 0) is 26.3 Å². The lowest BCUT2D eigenvalue weighted by atomic mass is 9.88. The van der Waals surface area contributed by atoms with Gasteiger partial charge in [0.2, 0.25) is 0 Å². The van der Waals surface area contributed by atoms with Gasteiger partial charge in [0, 0.05) is 32.4 Å². The summed E-state index contributed by atoms with van der Waals surface area (Å²) in [6.45, 7) is 8.56. The van der Waals surface area contributed by atoms with E-state index in [1.807, 2.05) is 11.7 Å². The van der Waals surface area contributed by atoms with Crippen molar-refractivity contribution in [3.8, 4) is 0 Å². The number of benzene rings is 1. The van der Waals surface area contributed by atoms with Gasteiger partial charge in [0.1, 0.15) is 0 Å². The highest BCUT2D eigenvalue weighted by atomic mass is 15.3. The Morgan fingerprint density at radius 2 is 2.00 bits per heavy atom. The van der Waals surface area contributed by atoms with Crippen molar-refractivity contribution in [2.24, 2.45) is 7.05 Å². The molecular weight excluding hydrogens is 260 g/mol. The Hall–Kier alpha value is -1.81. The number of hydrogen-bond acceptors (Lipinski definition) is 3. The molecule has 112 valence electrons. The monoisotopic (exact) mass is 284 g/mol. The van der Waals surface area contributed by atoms with Gasteiger partial charge in [-0.25, -0.2) is 0 Å². The largest absolute Gasteiger partial charge is 0.363 e. The highest BCUT2D eigenvalue weighted by Gasteiger charge is 2.36. The zero-order valence-corrected chi connectivity index (χ0v) is 13.3. The summed E-state index contributed by atoms with van der Waals surface area (Å²) in [6.07, 6.45) is 2.13. The SMILES string of the molecule is Cc1nn(C)cc1N1CC(C)(c2ccccc2)NCC1C. The van der Waals surface area contributed by atoms with Crippen LogP contribution in [0.15, 0.2) is 36.5 Å². The summed E-state index contributed by atoms with van der Waals surface area (Å²) in [5, 5.41) is 8.21. The summed E-state index contributed by atoms with van der Waals surface area (Å²) in [5.41, 5.74) is 3.65. The molecule has 1 aliphatic rings. The Morgan fingerprint density at radius 1 is 1.29 bits per heavy atom. The molecule has 0 bridgehead atoms. The molecule has 0 radical (unpaired) electrons. The second kappa shape index (κ2) is 5.19. The summed E-state index contributed by atoms with van der Waals surface area (Å²) in [5.74, 6) is 0. The number of rotatable bonds is 2. The number of aryl methyl sites for hydroxylation is 2. The van der Waals surface area contributed by atoms with Crippen molar-refractivity contribution in [3.05, 3.63) is 47.8 Å². The molecule has 2 aromatic rings. The number of anilines is 1. The van der Waals surface area contributed by atoms with E-state index >= 15 is 0 Å². The Balaban J connectivity index is 1.93. The summed E-state index contributed by atoms with van der Waals surface area (Å²) >= 11 is 0. The molecule has 0 aliphatic carbocycles. The predicted molar refractivity (Wildman–Crippen MR) is 86.5 cm³/mol. The number of nitrogens with one attached hydrogen (secondary N) is 1. The smallest absolute Gasteiger partial charge is 0.0827 e. The third-order valence-electron chi connectivity index (χ3n) is 4.51. The normalized spacial score (nSPS) is 26.1. The van der Waals surface area contributed by atoms with E-state index in [2.05, 4.69) is 72.6 Å². The minimum absolute atomic E-state index is 0.0317. The van der Waals surface area contributed by atoms with Crippen LogP contribution in [0, 0.1) is 6.92 Å². The molecule has 1 aliphatic heterocycles. The van der Waals surface area contributed by atoms with Gasteiger partial charge >= 0.3 is 0 Å². The van der Waals surface area contributed by atoms with Crippen molar-refractivity contribution in [1.82, 2.24) is 15.1 Å². The summed E-state index contributed by atoms with van der Waals surface area (Å²) in [6, 6.07) is 11.2. The molecule has 0 spiro atoms. The zero-order valence-electron chi connectivity index (χ0n) is 13.3. The molecule has 4 nitrogen and oxygen atoms in total. The average molecular weight is 284 g/mol. The van der Waals surface area contributed by atoms with Crippen LogP contribution >= 0.6 is 0 Å². The fourth-order valence-electron chi connectivity index (χ4n) is 3.23. The van der Waals surface area contributed by atoms with E-state index in [0.717, 1.165) is 18.8 Å². The topological polar surface area (TPSA) is 33.1 Å². The fraction of sp³-hybridized carbons (Fsp3) is 0.471. The van der Waals surface area contributed by atoms with Crippen molar-refractivity contribution >= 4 is 5.69 Å². The second-order valence-corrected chi connectivity index (χ2v) is 6.33. The maximum atomic E-state index is 4.50. The van der Waals surface area contributed by atoms with Crippen molar-refractivity contribution in [3.63, 3.8) is 0 Å². The predicted octanol–water partition coefficient (Wildman–Crippen LogP) is 2.44. The van der Waals surface area contributed by atoms with Gasteiger partial charge in [-0.2, -0.15) is 5.10 Å². The van der Waals surface area contributed by atoms with E-state index < -0.39 is 0 Å². The average Bonchev–Trinajstić information content (AvgIpc) is 2.81. The van der Waals surface area contributed by atoms with E-state index in [0.29, 0.717) is 6.04 Å². The van der Waals surface area contributed by atoms with Gasteiger partial charge in [-0.3, -0.25) is 4.68 Å². The molecule has 1 fully saturated rings. The Labute approximate surface area is 126 Å². The maximum absolute atomic E-state index is 4.50.